The summed E-state index contributed by atoms with van der Waals surface area (Å²) in [5.74, 6) is 0. The van der Waals surface area contributed by atoms with Crippen molar-refractivity contribution >= 4 is 0 Å². The summed E-state index contributed by atoms with van der Waals surface area (Å²) in [6.07, 6.45) is 5.15. The van der Waals surface area contributed by atoms with Crippen LogP contribution in [0, 0.1) is 22.2 Å². The maximum absolute atomic E-state index is 10.2. The van der Waals surface area contributed by atoms with Crippen LogP contribution in [-0.2, 0) is 0 Å². The lowest BCUT2D eigenvalue weighted by Gasteiger charge is -2.42. The molecule has 0 radical (unpaired) electrons. The molecule has 1 rings (SSSR count). The third-order valence-corrected chi connectivity index (χ3v) is 4.85. The Morgan fingerprint density at radius 3 is 2.71 bits per heavy atom. The van der Waals surface area contributed by atoms with Crippen molar-refractivity contribution < 1.29 is 5.11 Å². The Morgan fingerprint density at radius 1 is 1.53 bits per heavy atom. The van der Waals surface area contributed by atoms with E-state index in [0.717, 1.165) is 32.1 Å². The van der Waals surface area contributed by atoms with Gasteiger partial charge in [0.1, 0.15) is 0 Å². The molecular weight excluding hydrogens is 210 g/mol. The van der Waals surface area contributed by atoms with E-state index in [1.807, 2.05) is 6.92 Å². The van der Waals surface area contributed by atoms with Crippen LogP contribution in [0.1, 0.15) is 59.3 Å². The Balaban J connectivity index is 2.74. The number of allylic oxidation sites excluding steroid dienone is 1. The van der Waals surface area contributed by atoms with Crippen LogP contribution >= 0.6 is 0 Å². The second-order valence-electron chi connectivity index (χ2n) is 6.18. The van der Waals surface area contributed by atoms with E-state index in [0.29, 0.717) is 6.42 Å². The summed E-state index contributed by atoms with van der Waals surface area (Å²) in [5, 5.41) is 19.2. The molecule has 0 heterocycles. The Bertz CT molecular complexity index is 330. The van der Waals surface area contributed by atoms with Crippen LogP contribution in [0.2, 0.25) is 0 Å². The lowest BCUT2D eigenvalue weighted by atomic mass is 9.63. The van der Waals surface area contributed by atoms with Crippen molar-refractivity contribution in [2.24, 2.45) is 10.8 Å². The van der Waals surface area contributed by atoms with Crippen LogP contribution in [0.3, 0.4) is 0 Å². The van der Waals surface area contributed by atoms with Crippen LogP contribution in [-0.4, -0.2) is 11.2 Å². The first kappa shape index (κ1) is 14.3. The molecular formula is C15H25NO. The molecule has 0 saturated heterocycles. The molecule has 1 saturated carbocycles. The number of nitriles is 1. The van der Waals surface area contributed by atoms with Gasteiger partial charge in [-0.3, -0.25) is 0 Å². The molecule has 0 aromatic carbocycles. The van der Waals surface area contributed by atoms with Gasteiger partial charge < -0.3 is 5.11 Å². The number of rotatable bonds is 5. The van der Waals surface area contributed by atoms with E-state index in [-0.39, 0.29) is 16.9 Å². The van der Waals surface area contributed by atoms with E-state index < -0.39 is 0 Å². The van der Waals surface area contributed by atoms with Crippen molar-refractivity contribution in [2.45, 2.75) is 65.4 Å². The number of nitrogens with zero attached hydrogens (tertiary/aromatic N) is 1. The Labute approximate surface area is 105 Å². The molecule has 2 nitrogen and oxygen atoms in total. The van der Waals surface area contributed by atoms with Crippen LogP contribution < -0.4 is 0 Å². The summed E-state index contributed by atoms with van der Waals surface area (Å²) in [6.45, 7) is 10.3. The van der Waals surface area contributed by atoms with Gasteiger partial charge in [-0.15, -0.1) is 6.58 Å². The van der Waals surface area contributed by atoms with E-state index in [2.05, 4.69) is 26.5 Å². The fourth-order valence-corrected chi connectivity index (χ4v) is 3.15. The summed E-state index contributed by atoms with van der Waals surface area (Å²) in [6, 6.07) is 2.30. The van der Waals surface area contributed by atoms with Crippen molar-refractivity contribution in [1.29, 1.82) is 5.26 Å². The van der Waals surface area contributed by atoms with E-state index >= 15 is 0 Å². The molecule has 0 amide bonds. The fraction of sp³-hybridized carbons (Fsp3) is 0.800. The maximum atomic E-state index is 10.2. The second kappa shape index (κ2) is 5.23. The standard InChI is InChI=1S/C15H25NO/c1-12(2)6-5-8-15(4)13(17)7-9-14(15,3)10-11-16/h13,17H,1,5-10H2,2-4H3/t13-,14+,15-/m1/s1. The first-order valence-corrected chi connectivity index (χ1v) is 6.55. The topological polar surface area (TPSA) is 44.0 Å². The first-order valence-electron chi connectivity index (χ1n) is 6.55. The summed E-state index contributed by atoms with van der Waals surface area (Å²) < 4.78 is 0. The zero-order chi connectivity index (χ0) is 13.1. The predicted octanol–water partition coefficient (Wildman–Crippen LogP) is 3.81. The van der Waals surface area contributed by atoms with Gasteiger partial charge in [-0.2, -0.15) is 5.26 Å². The average molecular weight is 235 g/mol. The van der Waals surface area contributed by atoms with E-state index in [4.69, 9.17) is 5.26 Å². The van der Waals surface area contributed by atoms with Gasteiger partial charge in [0.05, 0.1) is 12.2 Å². The normalized spacial score (nSPS) is 36.8. The third kappa shape index (κ3) is 2.72. The van der Waals surface area contributed by atoms with Gasteiger partial charge in [0.15, 0.2) is 0 Å². The van der Waals surface area contributed by atoms with E-state index in [9.17, 15) is 5.11 Å². The van der Waals surface area contributed by atoms with Crippen molar-refractivity contribution in [3.05, 3.63) is 12.2 Å². The number of aliphatic hydroxyl groups excluding tert-OH is 1. The van der Waals surface area contributed by atoms with Crippen molar-refractivity contribution in [3.63, 3.8) is 0 Å². The van der Waals surface area contributed by atoms with Crippen LogP contribution in [0.5, 0.6) is 0 Å². The Hall–Kier alpha value is -0.810. The number of aliphatic hydroxyl groups is 1. The first-order chi connectivity index (χ1) is 7.85. The Kier molecular flexibility index (Phi) is 4.38. The average Bonchev–Trinajstić information content (AvgIpc) is 2.44. The molecule has 0 aromatic heterocycles. The minimum absolute atomic E-state index is 0.0315. The summed E-state index contributed by atoms with van der Waals surface area (Å²) in [4.78, 5) is 0. The van der Waals surface area contributed by atoms with Crippen molar-refractivity contribution in [3.8, 4) is 6.07 Å². The van der Waals surface area contributed by atoms with Gasteiger partial charge in [-0.05, 0) is 49.9 Å². The van der Waals surface area contributed by atoms with Gasteiger partial charge in [-0.1, -0.05) is 19.4 Å². The maximum Gasteiger partial charge on any atom is 0.0627 e. The molecule has 1 aliphatic rings. The molecule has 0 unspecified atom stereocenters. The number of hydrogen-bond donors (Lipinski definition) is 1. The molecule has 0 spiro atoms. The summed E-state index contributed by atoms with van der Waals surface area (Å²) in [5.41, 5.74) is 1.05. The highest BCUT2D eigenvalue weighted by Gasteiger charge is 2.53. The monoisotopic (exact) mass is 235 g/mol. The smallest absolute Gasteiger partial charge is 0.0627 e. The molecule has 3 atom stereocenters. The molecule has 17 heavy (non-hydrogen) atoms. The minimum atomic E-state index is -0.258. The van der Waals surface area contributed by atoms with Gasteiger partial charge in [0.25, 0.3) is 0 Å². The largest absolute Gasteiger partial charge is 0.393 e. The van der Waals surface area contributed by atoms with Gasteiger partial charge >= 0.3 is 0 Å². The third-order valence-electron chi connectivity index (χ3n) is 4.85. The summed E-state index contributed by atoms with van der Waals surface area (Å²) >= 11 is 0. The summed E-state index contributed by atoms with van der Waals surface area (Å²) in [7, 11) is 0. The number of hydrogen-bond acceptors (Lipinski definition) is 2. The molecule has 96 valence electrons. The molecule has 1 N–H and O–H groups in total. The second-order valence-corrected chi connectivity index (χ2v) is 6.18. The molecule has 1 fully saturated rings. The zero-order valence-electron chi connectivity index (χ0n) is 11.4. The van der Waals surface area contributed by atoms with Crippen LogP contribution in [0.15, 0.2) is 12.2 Å². The minimum Gasteiger partial charge on any atom is -0.393 e. The fourth-order valence-electron chi connectivity index (χ4n) is 3.15. The van der Waals surface area contributed by atoms with E-state index in [1.54, 1.807) is 0 Å². The molecule has 0 aromatic rings. The molecule has 0 bridgehead atoms. The van der Waals surface area contributed by atoms with Crippen molar-refractivity contribution in [2.75, 3.05) is 0 Å². The predicted molar refractivity (Wildman–Crippen MR) is 70.3 cm³/mol. The lowest BCUT2D eigenvalue weighted by Crippen LogP contribution is -2.39. The van der Waals surface area contributed by atoms with Gasteiger partial charge in [-0.25, -0.2) is 0 Å². The van der Waals surface area contributed by atoms with E-state index in [1.165, 1.54) is 5.57 Å². The zero-order valence-corrected chi connectivity index (χ0v) is 11.4. The van der Waals surface area contributed by atoms with Crippen LogP contribution in [0.4, 0.5) is 0 Å². The lowest BCUT2D eigenvalue weighted by molar-refractivity contribution is -0.0100. The van der Waals surface area contributed by atoms with Gasteiger partial charge in [0.2, 0.25) is 0 Å². The van der Waals surface area contributed by atoms with Gasteiger partial charge in [0, 0.05) is 6.42 Å². The highest BCUT2D eigenvalue weighted by molar-refractivity contribution is 5.06. The Morgan fingerprint density at radius 2 is 2.18 bits per heavy atom. The quantitative estimate of drug-likeness (QED) is 0.736. The SMILES string of the molecule is C=C(C)CCC[C@]1(C)[C@H](O)CC[C@@]1(C)CC#N. The molecule has 2 heteroatoms. The molecule has 1 aliphatic carbocycles. The highest BCUT2D eigenvalue weighted by Crippen LogP contribution is 2.57. The molecule has 0 aliphatic heterocycles. The van der Waals surface area contributed by atoms with Crippen LogP contribution in [0.25, 0.3) is 0 Å². The highest BCUT2D eigenvalue weighted by atomic mass is 16.3. The van der Waals surface area contributed by atoms with Crippen molar-refractivity contribution in [1.82, 2.24) is 0 Å².